The van der Waals surface area contributed by atoms with Crippen molar-refractivity contribution < 1.29 is 5.11 Å². The minimum absolute atomic E-state index is 0.0300. The molecule has 20 heavy (non-hydrogen) atoms. The number of hydrogen-bond donors (Lipinski definition) is 1. The molecule has 1 saturated heterocycles. The molecular weight excluding hydrogens is 286 g/mol. The first kappa shape index (κ1) is 13.6. The van der Waals surface area contributed by atoms with Crippen LogP contribution in [0.15, 0.2) is 60.7 Å². The summed E-state index contributed by atoms with van der Waals surface area (Å²) < 4.78 is 0.704. The number of thiocarbonyl (C=S) groups is 1. The lowest BCUT2D eigenvalue weighted by molar-refractivity contribution is 0.0534. The summed E-state index contributed by atoms with van der Waals surface area (Å²) in [6, 6.07) is 19.5. The third-order valence-electron chi connectivity index (χ3n) is 3.58. The summed E-state index contributed by atoms with van der Waals surface area (Å²) in [5.74, 6) is 0. The molecule has 1 aliphatic heterocycles. The summed E-state index contributed by atoms with van der Waals surface area (Å²) in [6.07, 6.45) is 0. The zero-order valence-corrected chi connectivity index (χ0v) is 12.7. The first-order valence-corrected chi connectivity index (χ1v) is 7.76. The zero-order valence-electron chi connectivity index (χ0n) is 11.1. The Hall–Kier alpha value is -1.36. The molecule has 4 heteroatoms. The molecule has 1 aliphatic rings. The predicted molar refractivity (Wildman–Crippen MR) is 88.9 cm³/mol. The van der Waals surface area contributed by atoms with Crippen molar-refractivity contribution in [3.05, 3.63) is 66.2 Å². The summed E-state index contributed by atoms with van der Waals surface area (Å²) in [5, 5.41) is 11.3. The van der Waals surface area contributed by atoms with E-state index in [4.69, 9.17) is 12.2 Å². The average molecular weight is 301 g/mol. The van der Waals surface area contributed by atoms with Crippen LogP contribution in [0.25, 0.3) is 0 Å². The first-order valence-electron chi connectivity index (χ1n) is 6.48. The quantitative estimate of drug-likeness (QED) is 0.853. The lowest BCUT2D eigenvalue weighted by Crippen LogP contribution is -2.47. The minimum atomic E-state index is -1.11. The summed E-state index contributed by atoms with van der Waals surface area (Å²) in [5.41, 5.74) is 0.675. The van der Waals surface area contributed by atoms with Gasteiger partial charge in [-0.05, 0) is 19.1 Å². The standard InChI is InChI=1S/C16H15NOS2/c1-12-16(18,13-8-4-2-5-9-13)17(15(19)20-12)14-10-6-3-7-11-14/h2-12,18H,1H3. The molecule has 0 saturated carbocycles. The average Bonchev–Trinajstić information content (AvgIpc) is 2.72. The van der Waals surface area contributed by atoms with Gasteiger partial charge in [-0.2, -0.15) is 0 Å². The molecule has 0 bridgehead atoms. The second-order valence-corrected chi connectivity index (χ2v) is 6.76. The van der Waals surface area contributed by atoms with Crippen LogP contribution < -0.4 is 4.90 Å². The monoisotopic (exact) mass is 301 g/mol. The van der Waals surface area contributed by atoms with Gasteiger partial charge < -0.3 is 5.11 Å². The van der Waals surface area contributed by atoms with Gasteiger partial charge in [-0.1, -0.05) is 72.5 Å². The molecule has 2 aromatic rings. The third-order valence-corrected chi connectivity index (χ3v) is 5.12. The van der Waals surface area contributed by atoms with Crippen molar-refractivity contribution >= 4 is 34.0 Å². The van der Waals surface area contributed by atoms with E-state index < -0.39 is 5.72 Å². The summed E-state index contributed by atoms with van der Waals surface area (Å²) in [4.78, 5) is 1.85. The smallest absolute Gasteiger partial charge is 0.181 e. The Labute approximate surface area is 128 Å². The predicted octanol–water partition coefficient (Wildman–Crippen LogP) is 3.76. The van der Waals surface area contributed by atoms with E-state index in [-0.39, 0.29) is 5.25 Å². The SMILES string of the molecule is CC1SC(=S)N(c2ccccc2)C1(O)c1ccccc1. The number of nitrogens with zero attached hydrogens (tertiary/aromatic N) is 1. The third kappa shape index (κ3) is 2.04. The molecule has 1 fully saturated rings. The Morgan fingerprint density at radius 2 is 1.60 bits per heavy atom. The van der Waals surface area contributed by atoms with Crippen LogP contribution in [0.5, 0.6) is 0 Å². The second-order valence-electron chi connectivity index (χ2n) is 4.79. The molecule has 1 heterocycles. The largest absolute Gasteiger partial charge is 0.366 e. The van der Waals surface area contributed by atoms with Crippen molar-refractivity contribution in [2.45, 2.75) is 17.9 Å². The lowest BCUT2D eigenvalue weighted by Gasteiger charge is -2.37. The van der Waals surface area contributed by atoms with Crippen LogP contribution in [0, 0.1) is 0 Å². The molecule has 0 spiro atoms. The number of anilines is 1. The van der Waals surface area contributed by atoms with Crippen LogP contribution in [0.4, 0.5) is 5.69 Å². The van der Waals surface area contributed by atoms with Gasteiger partial charge in [0, 0.05) is 11.3 Å². The van der Waals surface area contributed by atoms with Gasteiger partial charge in [-0.15, -0.1) is 0 Å². The van der Waals surface area contributed by atoms with Gasteiger partial charge >= 0.3 is 0 Å². The van der Waals surface area contributed by atoms with Crippen molar-refractivity contribution in [1.29, 1.82) is 0 Å². The van der Waals surface area contributed by atoms with Gasteiger partial charge in [0.25, 0.3) is 0 Å². The molecule has 102 valence electrons. The van der Waals surface area contributed by atoms with Gasteiger partial charge in [-0.3, -0.25) is 4.90 Å². The van der Waals surface area contributed by atoms with Gasteiger partial charge in [0.05, 0.1) is 5.25 Å². The maximum Gasteiger partial charge on any atom is 0.181 e. The van der Waals surface area contributed by atoms with Gasteiger partial charge in [-0.25, -0.2) is 0 Å². The van der Waals surface area contributed by atoms with E-state index in [0.717, 1.165) is 11.3 Å². The molecule has 2 nitrogen and oxygen atoms in total. The van der Waals surface area contributed by atoms with E-state index in [9.17, 15) is 5.11 Å². The van der Waals surface area contributed by atoms with Gasteiger partial charge in [0.2, 0.25) is 0 Å². The van der Waals surface area contributed by atoms with Crippen molar-refractivity contribution in [1.82, 2.24) is 0 Å². The number of para-hydroxylation sites is 1. The molecule has 2 atom stereocenters. The van der Waals surface area contributed by atoms with Crippen LogP contribution in [0.2, 0.25) is 0 Å². The van der Waals surface area contributed by atoms with Crippen molar-refractivity contribution in [3.63, 3.8) is 0 Å². The fourth-order valence-corrected chi connectivity index (χ4v) is 4.27. The molecule has 2 unspecified atom stereocenters. The van der Waals surface area contributed by atoms with E-state index in [0.29, 0.717) is 4.32 Å². The van der Waals surface area contributed by atoms with E-state index in [2.05, 4.69) is 0 Å². The van der Waals surface area contributed by atoms with Gasteiger partial charge in [0.15, 0.2) is 5.72 Å². The molecule has 0 amide bonds. The Balaban J connectivity index is 2.14. The number of hydrogen-bond acceptors (Lipinski definition) is 3. The summed E-state index contributed by atoms with van der Waals surface area (Å²) in [7, 11) is 0. The Morgan fingerprint density at radius 1 is 1.05 bits per heavy atom. The molecular formula is C16H15NOS2. The van der Waals surface area contributed by atoms with Crippen molar-refractivity contribution in [3.8, 4) is 0 Å². The lowest BCUT2D eigenvalue weighted by atomic mass is 9.97. The van der Waals surface area contributed by atoms with Crippen LogP contribution in [-0.4, -0.2) is 14.7 Å². The Morgan fingerprint density at radius 3 is 2.20 bits per heavy atom. The van der Waals surface area contributed by atoms with Crippen LogP contribution >= 0.6 is 24.0 Å². The van der Waals surface area contributed by atoms with Crippen LogP contribution in [0.3, 0.4) is 0 Å². The second kappa shape index (κ2) is 5.20. The summed E-state index contributed by atoms with van der Waals surface area (Å²) in [6.45, 7) is 2.01. The van der Waals surface area contributed by atoms with E-state index >= 15 is 0 Å². The van der Waals surface area contributed by atoms with Crippen LogP contribution in [-0.2, 0) is 5.72 Å². The highest BCUT2D eigenvalue weighted by molar-refractivity contribution is 8.24. The highest BCUT2D eigenvalue weighted by Crippen LogP contribution is 2.47. The molecule has 0 aromatic heterocycles. The Bertz CT molecular complexity index is 617. The molecule has 1 N–H and O–H groups in total. The topological polar surface area (TPSA) is 23.5 Å². The fourth-order valence-electron chi connectivity index (χ4n) is 2.53. The van der Waals surface area contributed by atoms with E-state index in [1.807, 2.05) is 72.5 Å². The zero-order chi connectivity index (χ0) is 14.2. The molecule has 3 rings (SSSR count). The number of rotatable bonds is 2. The normalized spacial score (nSPS) is 26.0. The molecule has 0 aliphatic carbocycles. The van der Waals surface area contributed by atoms with Crippen molar-refractivity contribution in [2.75, 3.05) is 4.90 Å². The van der Waals surface area contributed by atoms with E-state index in [1.54, 1.807) is 0 Å². The fraction of sp³-hybridized carbons (Fsp3) is 0.188. The number of thioether (sulfide) groups is 1. The maximum absolute atomic E-state index is 11.3. The minimum Gasteiger partial charge on any atom is -0.366 e. The van der Waals surface area contributed by atoms with Crippen LogP contribution in [0.1, 0.15) is 12.5 Å². The molecule has 2 aromatic carbocycles. The maximum atomic E-state index is 11.3. The number of aliphatic hydroxyl groups is 1. The van der Waals surface area contributed by atoms with Gasteiger partial charge in [0.1, 0.15) is 4.32 Å². The van der Waals surface area contributed by atoms with E-state index in [1.165, 1.54) is 11.8 Å². The highest BCUT2D eigenvalue weighted by Gasteiger charge is 2.50. The highest BCUT2D eigenvalue weighted by atomic mass is 32.2. The molecule has 0 radical (unpaired) electrons. The first-order chi connectivity index (χ1) is 9.64. The number of benzene rings is 2. The summed E-state index contributed by atoms with van der Waals surface area (Å²) >= 11 is 7.01. The Kier molecular flexibility index (Phi) is 3.54. The van der Waals surface area contributed by atoms with Crippen molar-refractivity contribution in [2.24, 2.45) is 0 Å².